The van der Waals surface area contributed by atoms with E-state index in [0.29, 0.717) is 28.9 Å². The van der Waals surface area contributed by atoms with Gasteiger partial charge in [0.25, 0.3) is 5.91 Å². The van der Waals surface area contributed by atoms with E-state index in [1.54, 1.807) is 23.2 Å². The summed E-state index contributed by atoms with van der Waals surface area (Å²) in [7, 11) is 0. The highest BCUT2D eigenvalue weighted by atomic mass is 35.5. The molecule has 3 aliphatic rings. The summed E-state index contributed by atoms with van der Waals surface area (Å²) in [5, 5.41) is 18.5. The zero-order valence-electron chi connectivity index (χ0n) is 19.3. The molecule has 4 N–H and O–H groups in total. The Kier molecular flexibility index (Phi) is 5.27. The van der Waals surface area contributed by atoms with Crippen LogP contribution in [-0.2, 0) is 16.1 Å². The summed E-state index contributed by atoms with van der Waals surface area (Å²) in [6.45, 7) is -0.288. The Bertz CT molecular complexity index is 1410. The molecular weight excluding hydrogens is 484 g/mol. The molecule has 3 aromatic rings. The van der Waals surface area contributed by atoms with Gasteiger partial charge in [-0.3, -0.25) is 14.4 Å². The highest BCUT2D eigenvalue weighted by Crippen LogP contribution is 2.59. The van der Waals surface area contributed by atoms with Gasteiger partial charge in [0.15, 0.2) is 11.3 Å². The zero-order chi connectivity index (χ0) is 25.2. The maximum atomic E-state index is 13.5. The average molecular weight is 509 g/mol. The molecule has 11 heteroatoms. The second kappa shape index (κ2) is 8.28. The first-order chi connectivity index (χ1) is 17.3. The lowest BCUT2D eigenvalue weighted by atomic mass is 10.00. The Morgan fingerprint density at radius 3 is 2.75 bits per heavy atom. The standard InChI is InChI=1S/C25H25ClN6O4/c26-16-6-2-1-4-13(16)15-8-17(15)29-24(36)18-9-25(12-33)10-19(25)32(18)20(34)11-31-23-14(5-3-7-28-23)21(30-31)22(27)35/h1-7,15,17-19,33H,8-12H2,(H2,27,35)(H,29,36)/t15-,17+,18-,19+,25-/m0/s1. The fourth-order valence-corrected chi connectivity index (χ4v) is 5.98. The zero-order valence-corrected chi connectivity index (χ0v) is 20.1. The number of aliphatic hydroxyl groups is 1. The van der Waals surface area contributed by atoms with Gasteiger partial charge in [-0.15, -0.1) is 0 Å². The molecule has 1 aliphatic heterocycles. The number of hydrogen-bond donors (Lipinski definition) is 3. The number of nitrogens with zero attached hydrogens (tertiary/aromatic N) is 4. The molecule has 0 unspecified atom stereocenters. The first-order valence-electron chi connectivity index (χ1n) is 11.9. The minimum atomic E-state index is -0.711. The van der Waals surface area contributed by atoms with E-state index in [0.717, 1.165) is 12.0 Å². The minimum absolute atomic E-state index is 0.0390. The molecule has 186 valence electrons. The number of carbonyl (C=O) groups excluding carboxylic acids is 3. The van der Waals surface area contributed by atoms with Crippen LogP contribution in [0.15, 0.2) is 42.6 Å². The lowest BCUT2D eigenvalue weighted by molar-refractivity contribution is -0.140. The van der Waals surface area contributed by atoms with Crippen molar-refractivity contribution in [3.8, 4) is 0 Å². The molecule has 36 heavy (non-hydrogen) atoms. The molecule has 1 saturated heterocycles. The van der Waals surface area contributed by atoms with Gasteiger partial charge in [-0.2, -0.15) is 5.10 Å². The van der Waals surface area contributed by atoms with Crippen LogP contribution in [0.3, 0.4) is 0 Å². The van der Waals surface area contributed by atoms with Gasteiger partial charge in [0.1, 0.15) is 12.6 Å². The Morgan fingerprint density at radius 1 is 1.19 bits per heavy atom. The van der Waals surface area contributed by atoms with Crippen LogP contribution in [0.4, 0.5) is 0 Å². The summed E-state index contributed by atoms with van der Waals surface area (Å²) in [5.74, 6) is -1.12. The molecule has 0 bridgehead atoms. The van der Waals surface area contributed by atoms with Gasteiger partial charge in [-0.25, -0.2) is 9.67 Å². The van der Waals surface area contributed by atoms with E-state index in [-0.39, 0.29) is 48.7 Å². The lowest BCUT2D eigenvalue weighted by Gasteiger charge is -2.27. The van der Waals surface area contributed by atoms with Crippen molar-refractivity contribution in [2.24, 2.45) is 11.1 Å². The Balaban J connectivity index is 1.21. The van der Waals surface area contributed by atoms with Crippen molar-refractivity contribution in [3.05, 3.63) is 58.9 Å². The summed E-state index contributed by atoms with van der Waals surface area (Å²) < 4.78 is 1.35. The number of piperidine rings is 1. The molecule has 3 fully saturated rings. The van der Waals surface area contributed by atoms with Gasteiger partial charge < -0.3 is 21.1 Å². The van der Waals surface area contributed by atoms with E-state index in [2.05, 4.69) is 15.4 Å². The number of benzene rings is 1. The van der Waals surface area contributed by atoms with Crippen molar-refractivity contribution in [3.63, 3.8) is 0 Å². The number of fused-ring (bicyclic) bond motifs is 2. The third kappa shape index (κ3) is 3.63. The average Bonchev–Trinajstić information content (AvgIpc) is 3.72. The van der Waals surface area contributed by atoms with E-state index in [9.17, 15) is 19.5 Å². The highest BCUT2D eigenvalue weighted by Gasteiger charge is 2.67. The number of carbonyl (C=O) groups is 3. The monoisotopic (exact) mass is 508 g/mol. The van der Waals surface area contributed by atoms with Crippen LogP contribution >= 0.6 is 11.6 Å². The number of nitrogens with one attached hydrogen (secondary N) is 1. The molecule has 1 aromatic carbocycles. The molecule has 2 saturated carbocycles. The SMILES string of the molecule is NC(=O)c1nn(CC(=O)N2[C@H](C(=O)N[C@@H]3C[C@H]3c3ccccc3Cl)C[C@@]3(CO)C[C@@H]23)c2ncccc12. The second-order valence-electron chi connectivity index (χ2n) is 9.99. The largest absolute Gasteiger partial charge is 0.396 e. The summed E-state index contributed by atoms with van der Waals surface area (Å²) >= 11 is 6.32. The number of halogens is 1. The van der Waals surface area contributed by atoms with E-state index < -0.39 is 17.4 Å². The van der Waals surface area contributed by atoms with Gasteiger partial charge in [-0.1, -0.05) is 29.8 Å². The normalized spacial score (nSPS) is 28.1. The molecular formula is C25H25ClN6O4. The fourth-order valence-electron chi connectivity index (χ4n) is 5.71. The number of primary amides is 1. The first-order valence-corrected chi connectivity index (χ1v) is 12.3. The first kappa shape index (κ1) is 22.9. The number of aromatic nitrogens is 3. The van der Waals surface area contributed by atoms with Crippen molar-refractivity contribution < 1.29 is 19.5 Å². The van der Waals surface area contributed by atoms with E-state index in [4.69, 9.17) is 17.3 Å². The lowest BCUT2D eigenvalue weighted by Crippen LogP contribution is -2.49. The van der Waals surface area contributed by atoms with Crippen molar-refractivity contribution in [2.75, 3.05) is 6.61 Å². The predicted molar refractivity (Wildman–Crippen MR) is 130 cm³/mol. The maximum Gasteiger partial charge on any atom is 0.269 e. The Labute approximate surface area is 211 Å². The third-order valence-corrected chi connectivity index (χ3v) is 8.12. The number of nitrogens with two attached hydrogens (primary N) is 1. The van der Waals surface area contributed by atoms with Gasteiger partial charge in [-0.05, 0) is 43.0 Å². The molecule has 10 nitrogen and oxygen atoms in total. The van der Waals surface area contributed by atoms with Crippen LogP contribution in [0, 0.1) is 5.41 Å². The molecule has 2 aliphatic carbocycles. The van der Waals surface area contributed by atoms with Gasteiger partial charge in [0, 0.05) is 34.6 Å². The molecule has 6 rings (SSSR count). The van der Waals surface area contributed by atoms with E-state index in [1.165, 1.54) is 4.68 Å². The van der Waals surface area contributed by atoms with Gasteiger partial charge >= 0.3 is 0 Å². The Morgan fingerprint density at radius 2 is 2.00 bits per heavy atom. The van der Waals surface area contributed by atoms with Crippen molar-refractivity contribution in [1.82, 2.24) is 25.0 Å². The summed E-state index contributed by atoms with van der Waals surface area (Å²) in [4.78, 5) is 44.5. The maximum absolute atomic E-state index is 13.5. The molecule has 0 radical (unpaired) electrons. The summed E-state index contributed by atoms with van der Waals surface area (Å²) in [6, 6.07) is 9.97. The number of pyridine rings is 1. The molecule has 3 heterocycles. The van der Waals surface area contributed by atoms with Crippen molar-refractivity contribution in [1.29, 1.82) is 0 Å². The summed E-state index contributed by atoms with van der Waals surface area (Å²) in [5.41, 5.74) is 6.41. The molecule has 3 amide bonds. The van der Waals surface area contributed by atoms with Crippen LogP contribution in [-0.4, -0.2) is 67.2 Å². The van der Waals surface area contributed by atoms with Crippen LogP contribution in [0.1, 0.15) is 41.2 Å². The molecule has 5 atom stereocenters. The predicted octanol–water partition coefficient (Wildman–Crippen LogP) is 1.21. The van der Waals surface area contributed by atoms with Gasteiger partial charge in [0.05, 0.1) is 12.0 Å². The van der Waals surface area contributed by atoms with Crippen LogP contribution in [0.5, 0.6) is 0 Å². The van der Waals surface area contributed by atoms with Crippen LogP contribution in [0.25, 0.3) is 11.0 Å². The number of likely N-dealkylation sites (tertiary alicyclic amines) is 1. The number of amides is 3. The number of hydrogen-bond acceptors (Lipinski definition) is 6. The quantitative estimate of drug-likeness (QED) is 0.437. The smallest absolute Gasteiger partial charge is 0.269 e. The van der Waals surface area contributed by atoms with Crippen molar-refractivity contribution in [2.45, 2.75) is 49.9 Å². The molecule has 0 spiro atoms. The highest BCUT2D eigenvalue weighted by molar-refractivity contribution is 6.31. The molecule has 2 aromatic heterocycles. The van der Waals surface area contributed by atoms with E-state index in [1.807, 2.05) is 24.3 Å². The van der Waals surface area contributed by atoms with E-state index >= 15 is 0 Å². The minimum Gasteiger partial charge on any atom is -0.396 e. The fraction of sp³-hybridized carbons (Fsp3) is 0.400. The van der Waals surface area contributed by atoms with Gasteiger partial charge in [0.2, 0.25) is 11.8 Å². The summed E-state index contributed by atoms with van der Waals surface area (Å²) in [6.07, 6.45) is 3.38. The number of rotatable bonds is 7. The topological polar surface area (TPSA) is 143 Å². The van der Waals surface area contributed by atoms with Crippen LogP contribution in [0.2, 0.25) is 5.02 Å². The van der Waals surface area contributed by atoms with Crippen LogP contribution < -0.4 is 11.1 Å². The third-order valence-electron chi connectivity index (χ3n) is 7.77. The number of aliphatic hydroxyl groups excluding tert-OH is 1. The van der Waals surface area contributed by atoms with Crippen molar-refractivity contribution >= 4 is 40.4 Å². The second-order valence-corrected chi connectivity index (χ2v) is 10.4. The Hall–Kier alpha value is -3.50.